The van der Waals surface area contributed by atoms with E-state index in [0.717, 1.165) is 51.4 Å². The van der Waals surface area contributed by atoms with Crippen LogP contribution in [0.25, 0.3) is 0 Å². The second-order valence-electron chi connectivity index (χ2n) is 6.07. The van der Waals surface area contributed by atoms with Crippen molar-refractivity contribution >= 4 is 5.97 Å². The van der Waals surface area contributed by atoms with Gasteiger partial charge in [0.2, 0.25) is 0 Å². The van der Waals surface area contributed by atoms with E-state index in [9.17, 15) is 9.90 Å². The fraction of sp³-hybridized carbons (Fsp3) is 0.889. The fourth-order valence-corrected chi connectivity index (χ4v) is 2.50. The summed E-state index contributed by atoms with van der Waals surface area (Å²) < 4.78 is 0. The van der Waals surface area contributed by atoms with Crippen molar-refractivity contribution in [2.24, 2.45) is 0 Å². The number of aliphatic hydroxyl groups excluding tert-OH is 1. The Morgan fingerprint density at radius 3 is 2.23 bits per heavy atom. The number of aliphatic hydroxyl groups is 1. The normalized spacial score (nSPS) is 11.9. The van der Waals surface area contributed by atoms with E-state index in [0.29, 0.717) is 6.42 Å². The Morgan fingerprint density at radius 2 is 1.55 bits per heavy atom. The molecule has 0 aromatic heterocycles. The van der Waals surface area contributed by atoms with E-state index in [1.807, 2.05) is 0 Å². The summed E-state index contributed by atoms with van der Waals surface area (Å²) in [6.45, 7) is 2.21. The van der Waals surface area contributed by atoms with E-state index >= 15 is 0 Å². The van der Waals surface area contributed by atoms with Crippen molar-refractivity contribution < 1.29 is 34.5 Å². The summed E-state index contributed by atoms with van der Waals surface area (Å²) >= 11 is 0. The third kappa shape index (κ3) is 20.1. The van der Waals surface area contributed by atoms with Gasteiger partial charge in [-0.15, -0.1) is 0 Å². The van der Waals surface area contributed by atoms with Gasteiger partial charge in [-0.25, -0.2) is 0 Å². The second-order valence-corrected chi connectivity index (χ2v) is 6.07. The third-order valence-corrected chi connectivity index (χ3v) is 3.89. The van der Waals surface area contributed by atoms with E-state index in [-0.39, 0.29) is 25.6 Å². The molecule has 0 amide bonds. The SMILES string of the molecule is CCCCCCC(O)CC[CH-]CCCCCCCC(=O)O.[Zn]. The van der Waals surface area contributed by atoms with Crippen LogP contribution in [0.4, 0.5) is 0 Å². The van der Waals surface area contributed by atoms with Crippen molar-refractivity contribution in [2.45, 2.75) is 103 Å². The number of hydrogen-bond acceptors (Lipinski definition) is 2. The zero-order chi connectivity index (χ0) is 15.8. The van der Waals surface area contributed by atoms with Crippen LogP contribution in [-0.2, 0) is 24.3 Å². The molecule has 0 bridgehead atoms. The quantitative estimate of drug-likeness (QED) is 0.227. The molecule has 0 radical (unpaired) electrons. The fourth-order valence-electron chi connectivity index (χ4n) is 2.50. The first-order valence-electron chi connectivity index (χ1n) is 8.88. The molecule has 22 heavy (non-hydrogen) atoms. The van der Waals surface area contributed by atoms with Gasteiger partial charge in [-0.05, 0) is 12.8 Å². The van der Waals surface area contributed by atoms with Crippen LogP contribution >= 0.6 is 0 Å². The Labute approximate surface area is 150 Å². The van der Waals surface area contributed by atoms with E-state index in [1.54, 1.807) is 0 Å². The Bertz CT molecular complexity index is 234. The summed E-state index contributed by atoms with van der Waals surface area (Å²) in [7, 11) is 0. The number of unbranched alkanes of at least 4 members (excludes halogenated alkanes) is 10. The molecule has 1 unspecified atom stereocenters. The number of carboxylic acid groups (broad SMARTS) is 1. The average molecular weight is 365 g/mol. The predicted octanol–water partition coefficient (Wildman–Crippen LogP) is 5.11. The van der Waals surface area contributed by atoms with Crippen LogP contribution in [0.15, 0.2) is 0 Å². The summed E-state index contributed by atoms with van der Waals surface area (Å²) in [5.74, 6) is -0.684. The van der Waals surface area contributed by atoms with Gasteiger partial charge in [-0.2, -0.15) is 12.8 Å². The second kappa shape index (κ2) is 19.1. The summed E-state index contributed by atoms with van der Waals surface area (Å²) in [6, 6.07) is 0. The van der Waals surface area contributed by atoms with Crippen LogP contribution in [0.2, 0.25) is 0 Å². The molecule has 1 atom stereocenters. The van der Waals surface area contributed by atoms with Gasteiger partial charge >= 0.3 is 5.97 Å². The number of aliphatic carboxylic acids is 1. The first-order chi connectivity index (χ1) is 10.2. The minimum Gasteiger partial charge on any atom is -0.481 e. The molecule has 128 valence electrons. The zero-order valence-electron chi connectivity index (χ0n) is 14.6. The molecule has 3 nitrogen and oxygen atoms in total. The summed E-state index contributed by atoms with van der Waals surface area (Å²) in [6.07, 6.45) is 16.8. The molecule has 0 heterocycles. The monoisotopic (exact) mass is 363 g/mol. The maximum absolute atomic E-state index is 10.3. The van der Waals surface area contributed by atoms with Crippen LogP contribution in [0.3, 0.4) is 0 Å². The van der Waals surface area contributed by atoms with Gasteiger partial charge in [0.05, 0.1) is 6.10 Å². The van der Waals surface area contributed by atoms with Gasteiger partial charge in [0, 0.05) is 25.9 Å². The van der Waals surface area contributed by atoms with E-state index in [1.165, 1.54) is 32.1 Å². The van der Waals surface area contributed by atoms with Crippen molar-refractivity contribution in [3.63, 3.8) is 0 Å². The molecular weight excluding hydrogens is 330 g/mol. The zero-order valence-corrected chi connectivity index (χ0v) is 17.5. The van der Waals surface area contributed by atoms with Crippen LogP contribution in [0.1, 0.15) is 96.8 Å². The summed E-state index contributed by atoms with van der Waals surface area (Å²) in [4.78, 5) is 10.3. The minimum absolute atomic E-state index is 0. The summed E-state index contributed by atoms with van der Waals surface area (Å²) in [5, 5.41) is 18.3. The number of carbonyl (C=O) groups is 1. The molecule has 0 aromatic carbocycles. The molecule has 0 aliphatic carbocycles. The van der Waals surface area contributed by atoms with Crippen molar-refractivity contribution in [3.05, 3.63) is 6.42 Å². The van der Waals surface area contributed by atoms with Crippen molar-refractivity contribution in [2.75, 3.05) is 0 Å². The Kier molecular flexibility index (Phi) is 21.1. The molecular formula is C18H35O3Zn-. The molecule has 0 aliphatic heterocycles. The number of rotatable bonds is 16. The summed E-state index contributed by atoms with van der Waals surface area (Å²) in [5.41, 5.74) is 0. The third-order valence-electron chi connectivity index (χ3n) is 3.89. The van der Waals surface area contributed by atoms with E-state index in [2.05, 4.69) is 13.3 Å². The molecule has 0 fully saturated rings. The molecule has 0 aromatic rings. The first kappa shape index (κ1) is 24.3. The Hall–Kier alpha value is 0.0534. The maximum atomic E-state index is 10.3. The van der Waals surface area contributed by atoms with Crippen molar-refractivity contribution in [3.8, 4) is 0 Å². The molecule has 2 N–H and O–H groups in total. The number of hydrogen-bond donors (Lipinski definition) is 2. The molecule has 0 saturated carbocycles. The maximum Gasteiger partial charge on any atom is 0.303 e. The largest absolute Gasteiger partial charge is 0.481 e. The molecule has 0 rings (SSSR count). The van der Waals surface area contributed by atoms with Gasteiger partial charge in [0.15, 0.2) is 0 Å². The van der Waals surface area contributed by atoms with E-state index in [4.69, 9.17) is 5.11 Å². The van der Waals surface area contributed by atoms with Crippen LogP contribution < -0.4 is 0 Å². The molecule has 0 saturated heterocycles. The van der Waals surface area contributed by atoms with Crippen molar-refractivity contribution in [1.29, 1.82) is 0 Å². The smallest absolute Gasteiger partial charge is 0.303 e. The topological polar surface area (TPSA) is 57.5 Å². The van der Waals surface area contributed by atoms with Gasteiger partial charge < -0.3 is 16.6 Å². The predicted molar refractivity (Wildman–Crippen MR) is 88.3 cm³/mol. The van der Waals surface area contributed by atoms with Crippen molar-refractivity contribution in [1.82, 2.24) is 0 Å². The van der Waals surface area contributed by atoms with Crippen LogP contribution in [0.5, 0.6) is 0 Å². The standard InChI is InChI=1S/C18H35O3.Zn/c1-2-3-4-11-14-17(19)15-12-9-7-5-6-8-10-13-16-18(20)21;/h9,17,19H,2-8,10-16H2,1H3,(H,20,21);/q-1;. The average Bonchev–Trinajstić information content (AvgIpc) is 2.45. The molecule has 4 heteroatoms. The van der Waals surface area contributed by atoms with Crippen LogP contribution in [-0.4, -0.2) is 22.3 Å². The molecule has 0 spiro atoms. The molecule has 0 aliphatic rings. The van der Waals surface area contributed by atoms with Gasteiger partial charge in [0.25, 0.3) is 0 Å². The van der Waals surface area contributed by atoms with Gasteiger partial charge in [-0.3, -0.25) is 4.79 Å². The van der Waals surface area contributed by atoms with E-state index < -0.39 is 5.97 Å². The van der Waals surface area contributed by atoms with Crippen LogP contribution in [0, 0.1) is 6.42 Å². The Balaban J connectivity index is 0. The number of carboxylic acids is 1. The Morgan fingerprint density at radius 1 is 0.909 bits per heavy atom. The minimum atomic E-state index is -0.684. The van der Waals surface area contributed by atoms with Gasteiger partial charge in [-0.1, -0.05) is 64.7 Å². The van der Waals surface area contributed by atoms with Gasteiger partial charge in [0.1, 0.15) is 0 Å². The first-order valence-corrected chi connectivity index (χ1v) is 8.88.